The number of rotatable bonds is 5. The molecule has 1 aliphatic carbocycles. The average Bonchev–Trinajstić information content (AvgIpc) is 3.19. The quantitative estimate of drug-likeness (QED) is 0.609. The lowest BCUT2D eigenvalue weighted by atomic mass is 10.2. The van der Waals surface area contributed by atoms with Gasteiger partial charge in [0.05, 0.1) is 11.4 Å². The molecule has 0 bridgehead atoms. The largest absolute Gasteiger partial charge is 0.327 e. The second-order valence-electron chi connectivity index (χ2n) is 4.95. The van der Waals surface area contributed by atoms with Gasteiger partial charge in [0.15, 0.2) is 0 Å². The maximum atomic E-state index is 12.5. The van der Waals surface area contributed by atoms with Gasteiger partial charge in [-0.05, 0) is 37.0 Å². The average molecular weight is 346 g/mol. The minimum Gasteiger partial charge on any atom is -0.327 e. The van der Waals surface area contributed by atoms with Gasteiger partial charge in [0.1, 0.15) is 0 Å². The summed E-state index contributed by atoms with van der Waals surface area (Å²) in [6.45, 7) is 0.739. The van der Waals surface area contributed by atoms with Crippen LogP contribution in [0.15, 0.2) is 23.1 Å². The Bertz CT molecular complexity index is 705. The van der Waals surface area contributed by atoms with Gasteiger partial charge in [-0.3, -0.25) is 4.79 Å². The van der Waals surface area contributed by atoms with Crippen LogP contribution in [0.2, 0.25) is 5.02 Å². The number of amides is 1. The highest BCUT2D eigenvalue weighted by Gasteiger charge is 2.27. The Labute approximate surface area is 133 Å². The molecule has 1 amide bonds. The van der Waals surface area contributed by atoms with Crippen molar-refractivity contribution in [2.45, 2.75) is 17.7 Å². The van der Waals surface area contributed by atoms with Crippen LogP contribution in [0.1, 0.15) is 23.2 Å². The van der Waals surface area contributed by atoms with Crippen LogP contribution in [0, 0.1) is 18.3 Å². The highest BCUT2D eigenvalue weighted by molar-refractivity contribution is 8.13. The first kappa shape index (κ1) is 16.2. The van der Waals surface area contributed by atoms with Crippen LogP contribution < -0.4 is 0 Å². The second kappa shape index (κ2) is 6.27. The van der Waals surface area contributed by atoms with E-state index in [0.29, 0.717) is 12.5 Å². The molecular formula is C14H13Cl2NO3S. The van der Waals surface area contributed by atoms with Crippen molar-refractivity contribution in [3.63, 3.8) is 0 Å². The first-order valence-corrected chi connectivity index (χ1v) is 8.98. The number of terminal acetylenes is 1. The normalized spacial score (nSPS) is 14.5. The first-order chi connectivity index (χ1) is 9.81. The van der Waals surface area contributed by atoms with Gasteiger partial charge in [-0.1, -0.05) is 17.5 Å². The lowest BCUT2D eigenvalue weighted by Crippen LogP contribution is -2.33. The Kier molecular flexibility index (Phi) is 4.82. The van der Waals surface area contributed by atoms with Crippen LogP contribution in [-0.4, -0.2) is 32.3 Å². The lowest BCUT2D eigenvalue weighted by molar-refractivity contribution is 0.0769. The van der Waals surface area contributed by atoms with Crippen LogP contribution in [0.3, 0.4) is 0 Å². The Morgan fingerprint density at radius 3 is 2.57 bits per heavy atom. The molecule has 4 nitrogen and oxygen atoms in total. The molecule has 21 heavy (non-hydrogen) atoms. The standard InChI is InChI=1S/C14H13Cl2NO3S/c1-2-5-17(9-10-3-4-10)14(18)11-6-12(15)8-13(7-11)21(16,19)20/h1,6-8,10H,3-5,9H2. The van der Waals surface area contributed by atoms with Crippen LogP contribution in [0.4, 0.5) is 0 Å². The highest BCUT2D eigenvalue weighted by Crippen LogP contribution is 2.30. The van der Waals surface area contributed by atoms with Crippen molar-refractivity contribution in [1.29, 1.82) is 0 Å². The van der Waals surface area contributed by atoms with Crippen molar-refractivity contribution in [2.24, 2.45) is 5.92 Å². The molecule has 112 valence electrons. The van der Waals surface area contributed by atoms with E-state index in [1.165, 1.54) is 23.1 Å². The zero-order valence-electron chi connectivity index (χ0n) is 11.1. The highest BCUT2D eigenvalue weighted by atomic mass is 35.7. The van der Waals surface area contributed by atoms with Crippen LogP contribution in [-0.2, 0) is 9.05 Å². The van der Waals surface area contributed by atoms with Crippen LogP contribution in [0.5, 0.6) is 0 Å². The molecule has 0 radical (unpaired) electrons. The summed E-state index contributed by atoms with van der Waals surface area (Å²) in [4.78, 5) is 13.8. The molecule has 1 aromatic rings. The molecule has 0 heterocycles. The van der Waals surface area contributed by atoms with Crippen molar-refractivity contribution in [2.75, 3.05) is 13.1 Å². The summed E-state index contributed by atoms with van der Waals surface area (Å²) in [6, 6.07) is 3.83. The molecule has 1 aromatic carbocycles. The number of hydrogen-bond donors (Lipinski definition) is 0. The van der Waals surface area contributed by atoms with Gasteiger partial charge in [0.25, 0.3) is 15.0 Å². The molecular weight excluding hydrogens is 333 g/mol. The van der Waals surface area contributed by atoms with Gasteiger partial charge < -0.3 is 4.90 Å². The van der Waals surface area contributed by atoms with E-state index in [1.54, 1.807) is 0 Å². The van der Waals surface area contributed by atoms with Gasteiger partial charge in [0.2, 0.25) is 0 Å². The van der Waals surface area contributed by atoms with Crippen molar-refractivity contribution < 1.29 is 13.2 Å². The van der Waals surface area contributed by atoms with E-state index in [-0.39, 0.29) is 27.9 Å². The van der Waals surface area contributed by atoms with Crippen molar-refractivity contribution in [1.82, 2.24) is 4.90 Å². The summed E-state index contributed by atoms with van der Waals surface area (Å²) in [7, 11) is 1.35. The van der Waals surface area contributed by atoms with Crippen molar-refractivity contribution >= 4 is 37.2 Å². The molecule has 1 saturated carbocycles. The minimum absolute atomic E-state index is 0.132. The predicted molar refractivity (Wildman–Crippen MR) is 82.0 cm³/mol. The molecule has 0 aromatic heterocycles. The van der Waals surface area contributed by atoms with Crippen molar-refractivity contribution in [3.8, 4) is 12.3 Å². The van der Waals surface area contributed by atoms with E-state index in [0.717, 1.165) is 12.8 Å². The van der Waals surface area contributed by atoms with E-state index >= 15 is 0 Å². The number of carbonyl (C=O) groups is 1. The van der Waals surface area contributed by atoms with E-state index in [2.05, 4.69) is 5.92 Å². The summed E-state index contributed by atoms with van der Waals surface area (Å²) >= 11 is 5.87. The summed E-state index contributed by atoms with van der Waals surface area (Å²) in [5.41, 5.74) is 0.164. The first-order valence-electron chi connectivity index (χ1n) is 6.29. The number of hydrogen-bond acceptors (Lipinski definition) is 3. The fourth-order valence-corrected chi connectivity index (χ4v) is 3.05. The zero-order valence-corrected chi connectivity index (χ0v) is 13.4. The van der Waals surface area contributed by atoms with Gasteiger partial charge in [0, 0.05) is 27.8 Å². The van der Waals surface area contributed by atoms with Gasteiger partial charge >= 0.3 is 0 Å². The van der Waals surface area contributed by atoms with E-state index in [1.807, 2.05) is 0 Å². The lowest BCUT2D eigenvalue weighted by Gasteiger charge is -2.20. The predicted octanol–water partition coefficient (Wildman–Crippen LogP) is 2.75. The molecule has 0 spiro atoms. The zero-order chi connectivity index (χ0) is 15.6. The Balaban J connectivity index is 2.32. The van der Waals surface area contributed by atoms with Gasteiger partial charge in [-0.25, -0.2) is 8.42 Å². The van der Waals surface area contributed by atoms with E-state index < -0.39 is 9.05 Å². The summed E-state index contributed by atoms with van der Waals surface area (Å²) in [6.07, 6.45) is 7.43. The number of halogens is 2. The SMILES string of the molecule is C#CCN(CC1CC1)C(=O)c1cc(Cl)cc(S(=O)(=O)Cl)c1. The second-order valence-corrected chi connectivity index (χ2v) is 7.95. The fraction of sp³-hybridized carbons (Fsp3) is 0.357. The molecule has 0 atom stereocenters. The number of carbonyl (C=O) groups excluding carboxylic acids is 1. The maximum absolute atomic E-state index is 12.5. The topological polar surface area (TPSA) is 54.5 Å². The van der Waals surface area contributed by atoms with Crippen molar-refractivity contribution in [3.05, 3.63) is 28.8 Å². The molecule has 0 unspecified atom stereocenters. The maximum Gasteiger partial charge on any atom is 0.261 e. The third-order valence-corrected chi connectivity index (χ3v) is 4.70. The molecule has 0 N–H and O–H groups in total. The summed E-state index contributed by atoms with van der Waals surface area (Å²) in [5.74, 6) is 2.57. The summed E-state index contributed by atoms with van der Waals surface area (Å²) < 4.78 is 22.8. The van der Waals surface area contributed by atoms with Gasteiger partial charge in [-0.2, -0.15) is 0 Å². The summed E-state index contributed by atoms with van der Waals surface area (Å²) in [5, 5.41) is 0.132. The van der Waals surface area contributed by atoms with Crippen LogP contribution >= 0.6 is 22.3 Å². The van der Waals surface area contributed by atoms with Crippen LogP contribution in [0.25, 0.3) is 0 Å². The molecule has 0 aliphatic heterocycles. The smallest absolute Gasteiger partial charge is 0.261 e. The molecule has 1 aliphatic rings. The van der Waals surface area contributed by atoms with Gasteiger partial charge in [-0.15, -0.1) is 6.42 Å². The Morgan fingerprint density at radius 1 is 1.38 bits per heavy atom. The Hall–Kier alpha value is -1.22. The third-order valence-electron chi connectivity index (χ3n) is 3.14. The molecule has 0 saturated heterocycles. The molecule has 1 fully saturated rings. The number of benzene rings is 1. The Morgan fingerprint density at radius 2 is 2.05 bits per heavy atom. The monoisotopic (exact) mass is 345 g/mol. The van der Waals surface area contributed by atoms with E-state index in [4.69, 9.17) is 28.7 Å². The minimum atomic E-state index is -3.95. The molecule has 7 heteroatoms. The third kappa shape index (κ3) is 4.37. The molecule has 2 rings (SSSR count). The van der Waals surface area contributed by atoms with E-state index in [9.17, 15) is 13.2 Å². The fourth-order valence-electron chi connectivity index (χ4n) is 1.95. The number of nitrogens with zero attached hydrogens (tertiary/aromatic N) is 1.